The van der Waals surface area contributed by atoms with Gasteiger partial charge in [0.25, 0.3) is 5.91 Å². The Bertz CT molecular complexity index is 872. The number of carbonyl (C=O) groups excluding carboxylic acids is 3. The van der Waals surface area contributed by atoms with E-state index in [-0.39, 0.29) is 25.1 Å². The van der Waals surface area contributed by atoms with Crippen LogP contribution in [0, 0.1) is 5.82 Å². The summed E-state index contributed by atoms with van der Waals surface area (Å²) in [5.74, 6) is -2.82. The molecule has 1 saturated heterocycles. The van der Waals surface area contributed by atoms with Crippen LogP contribution >= 0.6 is 0 Å². The maximum atomic E-state index is 13.2. The standard InChI is InChI=1S/C18H19F4N5O3/c19-10-3-5-11(6-4-10)27-14(15(23)28)8-12(25-27)17(30)26-7-1-2-13(26)16(29)24-9-18(20,21)22/h3-6,13-14H,1-2,7-9H2,(H2,23,28)(H,24,29). The van der Waals surface area contributed by atoms with E-state index in [1.54, 1.807) is 5.32 Å². The first-order valence-electron chi connectivity index (χ1n) is 9.14. The van der Waals surface area contributed by atoms with Gasteiger partial charge in [-0.3, -0.25) is 19.4 Å². The fraction of sp³-hybridized carbons (Fsp3) is 0.444. The van der Waals surface area contributed by atoms with Crippen molar-refractivity contribution >= 4 is 29.1 Å². The smallest absolute Gasteiger partial charge is 0.368 e. The van der Waals surface area contributed by atoms with Gasteiger partial charge in [-0.25, -0.2) is 4.39 Å². The van der Waals surface area contributed by atoms with E-state index in [4.69, 9.17) is 5.73 Å². The van der Waals surface area contributed by atoms with Crippen LogP contribution in [0.15, 0.2) is 29.4 Å². The van der Waals surface area contributed by atoms with Gasteiger partial charge < -0.3 is 16.0 Å². The fourth-order valence-corrected chi connectivity index (χ4v) is 3.45. The molecule has 8 nitrogen and oxygen atoms in total. The predicted molar refractivity (Wildman–Crippen MR) is 97.7 cm³/mol. The highest BCUT2D eigenvalue weighted by atomic mass is 19.4. The Morgan fingerprint density at radius 1 is 1.17 bits per heavy atom. The summed E-state index contributed by atoms with van der Waals surface area (Å²) in [6.45, 7) is -1.33. The second-order valence-corrected chi connectivity index (χ2v) is 6.98. The zero-order valence-corrected chi connectivity index (χ0v) is 15.7. The van der Waals surface area contributed by atoms with Crippen LogP contribution in [0.3, 0.4) is 0 Å². The molecule has 0 radical (unpaired) electrons. The third-order valence-corrected chi connectivity index (χ3v) is 4.86. The molecule has 0 spiro atoms. The summed E-state index contributed by atoms with van der Waals surface area (Å²) in [6, 6.07) is 3.00. The quantitative estimate of drug-likeness (QED) is 0.679. The van der Waals surface area contributed by atoms with Gasteiger partial charge in [0.15, 0.2) is 0 Å². The number of benzene rings is 1. The highest BCUT2D eigenvalue weighted by Gasteiger charge is 2.41. The number of nitrogens with zero attached hydrogens (tertiary/aromatic N) is 3. The Hall–Kier alpha value is -3.18. The van der Waals surface area contributed by atoms with Crippen LogP contribution in [0.4, 0.5) is 23.2 Å². The zero-order valence-electron chi connectivity index (χ0n) is 15.7. The molecule has 2 unspecified atom stereocenters. The lowest BCUT2D eigenvalue weighted by Crippen LogP contribution is -2.49. The molecule has 2 atom stereocenters. The summed E-state index contributed by atoms with van der Waals surface area (Å²) in [4.78, 5) is 38.0. The topological polar surface area (TPSA) is 108 Å². The first kappa shape index (κ1) is 21.5. The van der Waals surface area contributed by atoms with Crippen molar-refractivity contribution in [2.75, 3.05) is 18.1 Å². The minimum absolute atomic E-state index is 0.0568. The third-order valence-electron chi connectivity index (χ3n) is 4.86. The van der Waals surface area contributed by atoms with Gasteiger partial charge in [0.1, 0.15) is 30.2 Å². The molecule has 3 N–H and O–H groups in total. The van der Waals surface area contributed by atoms with Gasteiger partial charge >= 0.3 is 6.18 Å². The zero-order chi connectivity index (χ0) is 22.1. The number of amides is 3. The normalized spacial score (nSPS) is 21.5. The molecule has 0 saturated carbocycles. The van der Waals surface area contributed by atoms with Crippen molar-refractivity contribution < 1.29 is 31.9 Å². The van der Waals surface area contributed by atoms with Crippen molar-refractivity contribution in [2.24, 2.45) is 10.8 Å². The first-order valence-corrected chi connectivity index (χ1v) is 9.14. The Labute approximate surface area is 168 Å². The molecule has 2 heterocycles. The largest absolute Gasteiger partial charge is 0.405 e. The molecule has 0 aromatic heterocycles. The summed E-state index contributed by atoms with van der Waals surface area (Å²) in [6.07, 6.45) is -4.06. The van der Waals surface area contributed by atoms with E-state index in [0.29, 0.717) is 12.1 Å². The van der Waals surface area contributed by atoms with Crippen molar-refractivity contribution in [3.8, 4) is 0 Å². The van der Waals surface area contributed by atoms with Crippen molar-refractivity contribution in [2.45, 2.75) is 37.5 Å². The number of hydrazone groups is 1. The van der Waals surface area contributed by atoms with Gasteiger partial charge in [-0.1, -0.05) is 0 Å². The molecule has 12 heteroatoms. The number of nitrogens with one attached hydrogen (secondary N) is 1. The number of anilines is 1. The van der Waals surface area contributed by atoms with Gasteiger partial charge in [-0.2, -0.15) is 18.3 Å². The van der Waals surface area contributed by atoms with Gasteiger partial charge in [0, 0.05) is 13.0 Å². The highest BCUT2D eigenvalue weighted by molar-refractivity contribution is 6.40. The number of hydrogen-bond acceptors (Lipinski definition) is 5. The molecule has 1 fully saturated rings. The maximum Gasteiger partial charge on any atom is 0.405 e. The van der Waals surface area contributed by atoms with Crippen molar-refractivity contribution in [3.63, 3.8) is 0 Å². The van der Waals surface area contributed by atoms with Crippen LogP contribution in [0.25, 0.3) is 0 Å². The second kappa shape index (κ2) is 8.28. The van der Waals surface area contributed by atoms with Crippen LogP contribution in [-0.2, 0) is 14.4 Å². The van der Waals surface area contributed by atoms with Gasteiger partial charge in [-0.15, -0.1) is 0 Å². The maximum absolute atomic E-state index is 13.2. The second-order valence-electron chi connectivity index (χ2n) is 6.98. The Balaban J connectivity index is 1.77. The van der Waals surface area contributed by atoms with Crippen LogP contribution < -0.4 is 16.1 Å². The molecule has 0 aliphatic carbocycles. The van der Waals surface area contributed by atoms with Crippen LogP contribution in [-0.4, -0.2) is 59.7 Å². The Kier molecular flexibility index (Phi) is 5.94. The lowest BCUT2D eigenvalue weighted by Gasteiger charge is -2.24. The van der Waals surface area contributed by atoms with Gasteiger partial charge in [-0.05, 0) is 37.1 Å². The van der Waals surface area contributed by atoms with E-state index in [0.717, 1.165) is 17.0 Å². The van der Waals surface area contributed by atoms with E-state index >= 15 is 0 Å². The van der Waals surface area contributed by atoms with E-state index in [1.807, 2.05) is 0 Å². The summed E-state index contributed by atoms with van der Waals surface area (Å²) >= 11 is 0. The number of nitrogens with two attached hydrogens (primary N) is 1. The highest BCUT2D eigenvalue weighted by Crippen LogP contribution is 2.27. The number of alkyl halides is 3. The summed E-state index contributed by atoms with van der Waals surface area (Å²) in [5, 5.41) is 7.13. The van der Waals surface area contributed by atoms with Crippen LogP contribution in [0.1, 0.15) is 19.3 Å². The number of hydrogen-bond donors (Lipinski definition) is 2. The number of halogens is 4. The number of rotatable bonds is 5. The lowest BCUT2D eigenvalue weighted by molar-refractivity contribution is -0.143. The Morgan fingerprint density at radius 3 is 2.43 bits per heavy atom. The minimum atomic E-state index is -4.57. The van der Waals surface area contributed by atoms with E-state index in [9.17, 15) is 31.9 Å². The average Bonchev–Trinajstić information content (AvgIpc) is 3.33. The SMILES string of the molecule is NC(=O)C1CC(C(=O)N2CCCC2C(=O)NCC(F)(F)F)=NN1c1ccc(F)cc1. The number of primary amides is 1. The first-order chi connectivity index (χ1) is 14.1. The van der Waals surface area contributed by atoms with E-state index < -0.39 is 48.3 Å². The monoisotopic (exact) mass is 429 g/mol. The van der Waals surface area contributed by atoms with Crippen molar-refractivity contribution in [1.82, 2.24) is 10.2 Å². The fourth-order valence-electron chi connectivity index (χ4n) is 3.45. The molecule has 30 heavy (non-hydrogen) atoms. The molecular formula is C18H19F4N5O3. The summed E-state index contributed by atoms with van der Waals surface area (Å²) in [5.41, 5.74) is 5.68. The van der Waals surface area contributed by atoms with E-state index in [2.05, 4.69) is 5.10 Å². The molecule has 1 aromatic rings. The minimum Gasteiger partial charge on any atom is -0.368 e. The van der Waals surface area contributed by atoms with Gasteiger partial charge in [0.2, 0.25) is 11.8 Å². The van der Waals surface area contributed by atoms with E-state index in [1.165, 1.54) is 17.1 Å². The third kappa shape index (κ3) is 4.69. The summed E-state index contributed by atoms with van der Waals surface area (Å²) < 4.78 is 50.3. The molecule has 1 aromatic carbocycles. The van der Waals surface area contributed by atoms with Crippen LogP contribution in [0.5, 0.6) is 0 Å². The molecule has 2 aliphatic rings. The molecule has 162 valence electrons. The lowest BCUT2D eigenvalue weighted by atomic mass is 10.1. The van der Waals surface area contributed by atoms with Gasteiger partial charge in [0.05, 0.1) is 5.69 Å². The average molecular weight is 429 g/mol. The molecule has 0 bridgehead atoms. The van der Waals surface area contributed by atoms with Crippen molar-refractivity contribution in [3.05, 3.63) is 30.1 Å². The van der Waals surface area contributed by atoms with Crippen molar-refractivity contribution in [1.29, 1.82) is 0 Å². The molecular weight excluding hydrogens is 410 g/mol. The molecule has 2 aliphatic heterocycles. The molecule has 3 amide bonds. The molecule has 3 rings (SSSR count). The number of likely N-dealkylation sites (tertiary alicyclic amines) is 1. The Morgan fingerprint density at radius 2 is 1.83 bits per heavy atom. The van der Waals surface area contributed by atoms with Crippen LogP contribution in [0.2, 0.25) is 0 Å². The predicted octanol–water partition coefficient (Wildman–Crippen LogP) is 0.915. The summed E-state index contributed by atoms with van der Waals surface area (Å²) in [7, 11) is 0. The number of carbonyl (C=O) groups is 3.